The van der Waals surface area contributed by atoms with Crippen molar-refractivity contribution in [1.82, 2.24) is 5.32 Å². The topological polar surface area (TPSA) is 55.4 Å². The van der Waals surface area contributed by atoms with Crippen LogP contribution in [0.2, 0.25) is 0 Å². The van der Waals surface area contributed by atoms with Crippen LogP contribution in [0.15, 0.2) is 11.8 Å². The number of fused-ring (bicyclic) bond motifs is 5. The molecule has 0 radical (unpaired) electrons. The summed E-state index contributed by atoms with van der Waals surface area (Å²) in [6, 6.07) is 0. The Bertz CT molecular complexity index is 612. The van der Waals surface area contributed by atoms with E-state index in [-0.39, 0.29) is 28.6 Å². The van der Waals surface area contributed by atoms with E-state index >= 15 is 0 Å². The molecule has 1 N–H and O–H groups in total. The van der Waals surface area contributed by atoms with Gasteiger partial charge in [-0.15, -0.1) is 0 Å². The van der Waals surface area contributed by atoms with Crippen LogP contribution in [0, 0.1) is 34.5 Å². The maximum atomic E-state index is 12.3. The van der Waals surface area contributed by atoms with Crippen molar-refractivity contribution >= 4 is 11.9 Å². The molecule has 4 rings (SSSR count). The van der Waals surface area contributed by atoms with E-state index in [0.717, 1.165) is 38.5 Å². The minimum Gasteiger partial charge on any atom is -0.469 e. The Morgan fingerprint density at radius 1 is 1.21 bits per heavy atom. The lowest BCUT2D eigenvalue weighted by atomic mass is 9.49. The fraction of sp³-hybridized carbons (Fsp3) is 0.800. The van der Waals surface area contributed by atoms with Crippen LogP contribution in [-0.4, -0.2) is 19.0 Å². The Morgan fingerprint density at radius 2 is 2.00 bits per heavy atom. The first-order valence-electron chi connectivity index (χ1n) is 9.48. The number of hydrogen-bond acceptors (Lipinski definition) is 3. The zero-order valence-electron chi connectivity index (χ0n) is 15.1. The molecule has 0 aromatic heterocycles. The summed E-state index contributed by atoms with van der Waals surface area (Å²) in [4.78, 5) is 24.1. The van der Waals surface area contributed by atoms with Gasteiger partial charge < -0.3 is 10.1 Å². The molecule has 24 heavy (non-hydrogen) atoms. The predicted molar refractivity (Wildman–Crippen MR) is 90.7 cm³/mol. The van der Waals surface area contributed by atoms with E-state index in [4.69, 9.17) is 4.74 Å². The Kier molecular flexibility index (Phi) is 3.59. The number of rotatable bonds is 1. The maximum Gasteiger partial charge on any atom is 0.309 e. The Balaban J connectivity index is 1.65. The summed E-state index contributed by atoms with van der Waals surface area (Å²) < 4.78 is 5.10. The summed E-state index contributed by atoms with van der Waals surface area (Å²) in [5.74, 6) is 2.10. The molecule has 4 nitrogen and oxygen atoms in total. The minimum atomic E-state index is -0.0124. The third-order valence-electron chi connectivity index (χ3n) is 8.10. The van der Waals surface area contributed by atoms with Gasteiger partial charge in [-0.05, 0) is 61.7 Å². The van der Waals surface area contributed by atoms with Crippen molar-refractivity contribution < 1.29 is 14.3 Å². The molecule has 1 aliphatic heterocycles. The van der Waals surface area contributed by atoms with Gasteiger partial charge in [-0.1, -0.05) is 19.9 Å². The van der Waals surface area contributed by atoms with Crippen molar-refractivity contribution in [3.8, 4) is 0 Å². The first kappa shape index (κ1) is 16.2. The summed E-state index contributed by atoms with van der Waals surface area (Å²) in [7, 11) is 1.52. The van der Waals surface area contributed by atoms with Crippen LogP contribution in [0.1, 0.15) is 58.8 Å². The van der Waals surface area contributed by atoms with Gasteiger partial charge in [0.25, 0.3) is 0 Å². The molecule has 3 aliphatic carbocycles. The van der Waals surface area contributed by atoms with E-state index in [9.17, 15) is 9.59 Å². The Morgan fingerprint density at radius 3 is 2.75 bits per heavy atom. The number of carbonyl (C=O) groups is 2. The molecule has 3 unspecified atom stereocenters. The molecule has 1 saturated heterocycles. The number of hydrogen-bond donors (Lipinski definition) is 1. The zero-order valence-corrected chi connectivity index (χ0v) is 15.1. The third kappa shape index (κ3) is 2.04. The van der Waals surface area contributed by atoms with E-state index in [1.165, 1.54) is 12.8 Å². The third-order valence-corrected chi connectivity index (χ3v) is 8.10. The van der Waals surface area contributed by atoms with Crippen LogP contribution >= 0.6 is 0 Å². The van der Waals surface area contributed by atoms with Gasteiger partial charge in [-0.25, -0.2) is 0 Å². The van der Waals surface area contributed by atoms with E-state index < -0.39 is 0 Å². The Labute approximate surface area is 144 Å². The van der Waals surface area contributed by atoms with Gasteiger partial charge in [0, 0.05) is 17.5 Å². The van der Waals surface area contributed by atoms with Crippen molar-refractivity contribution in [2.24, 2.45) is 34.5 Å². The van der Waals surface area contributed by atoms with Gasteiger partial charge in [0.2, 0.25) is 5.91 Å². The van der Waals surface area contributed by atoms with Gasteiger partial charge in [0.05, 0.1) is 13.0 Å². The van der Waals surface area contributed by atoms with Gasteiger partial charge in [-0.3, -0.25) is 9.59 Å². The molecular formula is C20H29NO3. The molecule has 4 aliphatic rings. The number of methoxy groups -OCH3 is 1. The molecule has 1 heterocycles. The number of amides is 1. The molecule has 1 amide bonds. The fourth-order valence-electron chi connectivity index (χ4n) is 6.72. The normalized spacial score (nSPS) is 47.0. The summed E-state index contributed by atoms with van der Waals surface area (Å²) in [6.07, 6.45) is 9.33. The fourth-order valence-corrected chi connectivity index (χ4v) is 6.72. The van der Waals surface area contributed by atoms with Crippen molar-refractivity contribution in [1.29, 1.82) is 0 Å². The Hall–Kier alpha value is -1.32. The van der Waals surface area contributed by atoms with Crippen LogP contribution in [-0.2, 0) is 14.3 Å². The summed E-state index contributed by atoms with van der Waals surface area (Å²) >= 11 is 0. The van der Waals surface area contributed by atoms with E-state index in [0.29, 0.717) is 24.2 Å². The van der Waals surface area contributed by atoms with Crippen molar-refractivity contribution in [3.63, 3.8) is 0 Å². The summed E-state index contributed by atoms with van der Waals surface area (Å²) in [6.45, 7) is 4.68. The van der Waals surface area contributed by atoms with Gasteiger partial charge in [-0.2, -0.15) is 0 Å². The molecule has 132 valence electrons. The highest BCUT2D eigenvalue weighted by Crippen LogP contribution is 2.65. The molecule has 2 saturated carbocycles. The van der Waals surface area contributed by atoms with Gasteiger partial charge in [0.15, 0.2) is 0 Å². The molecule has 0 bridgehead atoms. The standard InChI is InChI=1S/C20H29NO3/c1-19-10-8-14-12(13(19)5-6-15(19)18(23)24-3)4-7-16-20(14,2)11-9-17(22)21-16/h7,12-15H,4-6,8-11H2,1-3H3,(H,21,22)/t12?,13?,14?,15-,19+,20-/m1/s1. The largest absolute Gasteiger partial charge is 0.469 e. The monoisotopic (exact) mass is 331 g/mol. The molecule has 0 spiro atoms. The molecule has 6 atom stereocenters. The van der Waals surface area contributed by atoms with Crippen LogP contribution < -0.4 is 5.32 Å². The lowest BCUT2D eigenvalue weighted by molar-refractivity contribution is -0.152. The minimum absolute atomic E-state index is 0.0124. The zero-order chi connectivity index (χ0) is 17.1. The highest BCUT2D eigenvalue weighted by molar-refractivity contribution is 5.79. The smallest absolute Gasteiger partial charge is 0.309 e. The lowest BCUT2D eigenvalue weighted by Crippen LogP contribution is -2.53. The molecular weight excluding hydrogens is 302 g/mol. The van der Waals surface area contributed by atoms with E-state index in [1.54, 1.807) is 0 Å². The molecule has 3 fully saturated rings. The summed E-state index contributed by atoms with van der Waals surface area (Å²) in [5.41, 5.74) is 1.38. The van der Waals surface area contributed by atoms with Gasteiger partial charge >= 0.3 is 5.97 Å². The molecule has 0 aromatic carbocycles. The molecule has 4 heteroatoms. The maximum absolute atomic E-state index is 12.3. The first-order chi connectivity index (χ1) is 11.4. The number of carbonyl (C=O) groups excluding carboxylic acids is 2. The first-order valence-corrected chi connectivity index (χ1v) is 9.48. The second kappa shape index (κ2) is 5.34. The van der Waals surface area contributed by atoms with Crippen molar-refractivity contribution in [2.45, 2.75) is 58.8 Å². The van der Waals surface area contributed by atoms with Crippen molar-refractivity contribution in [3.05, 3.63) is 11.8 Å². The average Bonchev–Trinajstić information content (AvgIpc) is 2.92. The second-order valence-electron chi connectivity index (χ2n) is 8.89. The molecule has 0 aromatic rings. The highest BCUT2D eigenvalue weighted by atomic mass is 16.5. The predicted octanol–water partition coefficient (Wildman–Crippen LogP) is 3.42. The number of piperidine rings is 1. The number of nitrogens with one attached hydrogen (secondary N) is 1. The van der Waals surface area contributed by atoms with E-state index in [1.807, 2.05) is 0 Å². The van der Waals surface area contributed by atoms with Crippen molar-refractivity contribution in [2.75, 3.05) is 7.11 Å². The summed E-state index contributed by atoms with van der Waals surface area (Å²) in [5, 5.41) is 3.15. The van der Waals surface area contributed by atoms with Gasteiger partial charge in [0.1, 0.15) is 0 Å². The van der Waals surface area contributed by atoms with Crippen LogP contribution in [0.5, 0.6) is 0 Å². The SMILES string of the molecule is COC(=O)[C@H]1CCC2C3CC=C4NC(=O)CC[C@]4(C)C3CC[C@@]21C. The second-order valence-corrected chi connectivity index (χ2v) is 8.89. The van der Waals surface area contributed by atoms with Crippen LogP contribution in [0.25, 0.3) is 0 Å². The van der Waals surface area contributed by atoms with Crippen LogP contribution in [0.3, 0.4) is 0 Å². The number of ether oxygens (including phenoxy) is 1. The average molecular weight is 331 g/mol. The number of esters is 1. The highest BCUT2D eigenvalue weighted by Gasteiger charge is 2.60. The van der Waals surface area contributed by atoms with E-state index in [2.05, 4.69) is 25.2 Å². The number of allylic oxidation sites excluding steroid dienone is 2. The van der Waals surface area contributed by atoms with Crippen LogP contribution in [0.4, 0.5) is 0 Å². The quantitative estimate of drug-likeness (QED) is 0.749. The lowest BCUT2D eigenvalue weighted by Gasteiger charge is -2.57.